The number of benzene rings is 8. The van der Waals surface area contributed by atoms with E-state index in [1.165, 1.54) is 0 Å². The van der Waals surface area contributed by atoms with Gasteiger partial charge >= 0.3 is 26.2 Å². The summed E-state index contributed by atoms with van der Waals surface area (Å²) >= 11 is 0. The zero-order valence-corrected chi connectivity index (χ0v) is 33.4. The molecule has 0 N–H and O–H groups in total. The van der Waals surface area contributed by atoms with Gasteiger partial charge < -0.3 is 9.13 Å². The van der Waals surface area contributed by atoms with Gasteiger partial charge in [-0.2, -0.15) is 133 Å². The standard InChI is InChI=1S/2C18H14OP.2C6H5.Zr/c2*19-20(16-10-4-1-5-11-16,17-12-6-2-7-13-17)18-14-8-3-9-15-18;2*1-2-4-6-5-3-1;/h2*1-2,4-15H;2*1-5H;/q4*-1;+4. The van der Waals surface area contributed by atoms with Crippen LogP contribution in [0.5, 0.6) is 0 Å². The first-order valence-corrected chi connectivity index (χ1v) is 20.2. The van der Waals surface area contributed by atoms with Crippen molar-refractivity contribution in [1.29, 1.82) is 0 Å². The predicted octanol–water partition coefficient (Wildman–Crippen LogP) is 9.22. The van der Waals surface area contributed by atoms with E-state index < -0.39 is 14.3 Å². The van der Waals surface area contributed by atoms with Gasteiger partial charge in [0.15, 0.2) is 0 Å². The van der Waals surface area contributed by atoms with E-state index in [1.807, 2.05) is 231 Å². The molecule has 0 unspecified atom stereocenters. The van der Waals surface area contributed by atoms with E-state index in [9.17, 15) is 9.13 Å². The molecule has 0 fully saturated rings. The van der Waals surface area contributed by atoms with Gasteiger partial charge in [0.25, 0.3) is 0 Å². The van der Waals surface area contributed by atoms with Crippen molar-refractivity contribution in [3.8, 4) is 0 Å². The molecule has 0 heterocycles. The monoisotopic (exact) mass is 798 g/mol. The van der Waals surface area contributed by atoms with Crippen LogP contribution in [0.1, 0.15) is 0 Å². The molecule has 2 nitrogen and oxygen atoms in total. The largest absolute Gasteiger partial charge is 4.00 e. The SMILES string of the molecule is O=P(c1cc[c-]cc1)(c1ccccc1)c1ccccc1.O=P(c1cc[c-]cc1)(c1ccccc1)c1ccccc1.[Zr+4].[c-]1ccccc1.[c-]1ccccc1. The molecule has 0 saturated carbocycles. The third kappa shape index (κ3) is 11.5. The van der Waals surface area contributed by atoms with Gasteiger partial charge in [0.05, 0.1) is 0 Å². The van der Waals surface area contributed by atoms with Crippen molar-refractivity contribution >= 4 is 46.1 Å². The molecule has 0 aliphatic carbocycles. The van der Waals surface area contributed by atoms with Gasteiger partial charge in [-0.05, 0) is 0 Å². The van der Waals surface area contributed by atoms with Gasteiger partial charge in [-0.1, -0.05) is 132 Å². The van der Waals surface area contributed by atoms with Gasteiger partial charge in [0.2, 0.25) is 0 Å². The molecule has 0 saturated heterocycles. The minimum absolute atomic E-state index is 0. The molecule has 8 aromatic rings. The molecule has 0 bridgehead atoms. The zero-order chi connectivity index (χ0) is 36.2. The van der Waals surface area contributed by atoms with Crippen molar-refractivity contribution in [2.45, 2.75) is 0 Å². The first-order valence-electron chi connectivity index (χ1n) is 16.8. The molecule has 0 radical (unpaired) electrons. The fraction of sp³-hybridized carbons (Fsp3) is 0. The third-order valence-electron chi connectivity index (χ3n) is 7.82. The Balaban J connectivity index is 0.000000178. The van der Waals surface area contributed by atoms with Crippen molar-refractivity contribution in [2.24, 2.45) is 0 Å². The van der Waals surface area contributed by atoms with Crippen LogP contribution in [-0.4, -0.2) is 0 Å². The fourth-order valence-electron chi connectivity index (χ4n) is 5.31. The smallest absolute Gasteiger partial charge is 0.311 e. The molecule has 0 atom stereocenters. The average molecular weight is 800 g/mol. The summed E-state index contributed by atoms with van der Waals surface area (Å²) in [7, 11) is -5.59. The van der Waals surface area contributed by atoms with Crippen LogP contribution in [0, 0.1) is 24.3 Å². The fourth-order valence-corrected chi connectivity index (χ4v) is 10.6. The summed E-state index contributed by atoms with van der Waals surface area (Å²) in [6.45, 7) is 0. The van der Waals surface area contributed by atoms with Gasteiger partial charge in [-0.3, -0.25) is 0 Å². The van der Waals surface area contributed by atoms with E-state index in [0.29, 0.717) is 0 Å². The van der Waals surface area contributed by atoms with Gasteiger partial charge in [-0.25, -0.2) is 0 Å². The van der Waals surface area contributed by atoms with E-state index in [2.05, 4.69) is 24.3 Å². The number of hydrogen-bond acceptors (Lipinski definition) is 2. The zero-order valence-electron chi connectivity index (χ0n) is 29.2. The third-order valence-corrected chi connectivity index (χ3v) is 14.0. The molecule has 8 rings (SSSR count). The summed E-state index contributed by atoms with van der Waals surface area (Å²) < 4.78 is 27.6. The molecule has 8 aromatic carbocycles. The average Bonchev–Trinajstić information content (AvgIpc) is 3.27. The van der Waals surface area contributed by atoms with Crippen LogP contribution in [0.2, 0.25) is 0 Å². The second kappa shape index (κ2) is 22.2. The Kier molecular flexibility index (Phi) is 17.1. The molecular weight excluding hydrogens is 762 g/mol. The van der Waals surface area contributed by atoms with Gasteiger partial charge in [0.1, 0.15) is 14.3 Å². The van der Waals surface area contributed by atoms with Gasteiger partial charge in [-0.15, -0.1) is 0 Å². The Morgan fingerprint density at radius 2 is 0.434 bits per heavy atom. The molecule has 53 heavy (non-hydrogen) atoms. The molecule has 256 valence electrons. The summed E-state index contributed by atoms with van der Waals surface area (Å²) in [5.41, 5.74) is 0. The predicted molar refractivity (Wildman–Crippen MR) is 220 cm³/mol. The number of hydrogen-bond donors (Lipinski definition) is 0. The Morgan fingerprint density at radius 3 is 0.623 bits per heavy atom. The van der Waals surface area contributed by atoms with Crippen LogP contribution in [-0.2, 0) is 35.3 Å². The quantitative estimate of drug-likeness (QED) is 0.124. The van der Waals surface area contributed by atoms with E-state index in [-0.39, 0.29) is 26.2 Å². The Labute approximate surface area is 334 Å². The van der Waals surface area contributed by atoms with Crippen molar-refractivity contribution in [1.82, 2.24) is 0 Å². The summed E-state index contributed by atoms with van der Waals surface area (Å²) in [5.74, 6) is 0. The van der Waals surface area contributed by atoms with Crippen molar-refractivity contribution in [2.75, 3.05) is 0 Å². The second-order valence-corrected chi connectivity index (χ2v) is 16.8. The van der Waals surface area contributed by atoms with E-state index in [0.717, 1.165) is 31.8 Å². The minimum Gasteiger partial charge on any atom is -0.311 e. The molecule has 0 spiro atoms. The van der Waals surface area contributed by atoms with Crippen molar-refractivity contribution in [3.63, 3.8) is 0 Å². The summed E-state index contributed by atoms with van der Waals surface area (Å²) in [5, 5.41) is 5.12. The van der Waals surface area contributed by atoms with Crippen LogP contribution < -0.4 is 31.8 Å². The van der Waals surface area contributed by atoms with Crippen LogP contribution in [0.25, 0.3) is 0 Å². The second-order valence-electron chi connectivity index (χ2n) is 11.2. The maximum Gasteiger partial charge on any atom is 4.00 e. The number of rotatable bonds is 6. The summed E-state index contributed by atoms with van der Waals surface area (Å²) in [6.07, 6.45) is 0. The van der Waals surface area contributed by atoms with Gasteiger partial charge in [0, 0.05) is 21.2 Å². The minimum atomic E-state index is -2.80. The van der Waals surface area contributed by atoms with Crippen LogP contribution in [0.3, 0.4) is 0 Å². The summed E-state index contributed by atoms with van der Waals surface area (Å²) in [6, 6.07) is 84.5. The van der Waals surface area contributed by atoms with E-state index >= 15 is 0 Å². The molecule has 5 heteroatoms. The molecular formula is C48H38O2P2Zr. The topological polar surface area (TPSA) is 34.1 Å². The molecule has 0 aliphatic heterocycles. The Hall–Kier alpha value is -4.90. The van der Waals surface area contributed by atoms with Crippen LogP contribution in [0.4, 0.5) is 0 Å². The van der Waals surface area contributed by atoms with Crippen molar-refractivity contribution < 1.29 is 35.3 Å². The molecule has 0 aromatic heterocycles. The maximum atomic E-state index is 13.8. The first-order chi connectivity index (χ1) is 25.6. The van der Waals surface area contributed by atoms with E-state index in [4.69, 9.17) is 0 Å². The Bertz CT molecular complexity index is 1780. The maximum absolute atomic E-state index is 13.8. The normalized spacial score (nSPS) is 10.3. The first kappa shape index (κ1) is 40.9. The van der Waals surface area contributed by atoms with E-state index in [1.54, 1.807) is 0 Å². The Morgan fingerprint density at radius 1 is 0.245 bits per heavy atom. The molecule has 0 amide bonds. The molecule has 0 aliphatic rings. The summed E-state index contributed by atoms with van der Waals surface area (Å²) in [4.78, 5) is 0. The van der Waals surface area contributed by atoms with Crippen molar-refractivity contribution in [3.05, 3.63) is 255 Å². The van der Waals surface area contributed by atoms with Crippen LogP contribution in [0.15, 0.2) is 231 Å². The van der Waals surface area contributed by atoms with Crippen LogP contribution >= 0.6 is 14.3 Å².